The summed E-state index contributed by atoms with van der Waals surface area (Å²) in [5, 5.41) is 0. The fourth-order valence-electron chi connectivity index (χ4n) is 1.40. The molecule has 2 unspecified atom stereocenters. The number of allylic oxidation sites excluding steroid dienone is 1. The highest BCUT2D eigenvalue weighted by Gasteiger charge is 2.09. The molecule has 0 aromatic heterocycles. The molecule has 0 rings (SSSR count). The van der Waals surface area contributed by atoms with E-state index >= 15 is 0 Å². The molecule has 0 heteroatoms. The van der Waals surface area contributed by atoms with Crippen LogP contribution in [0.4, 0.5) is 0 Å². The van der Waals surface area contributed by atoms with Crippen LogP contribution in [0.25, 0.3) is 0 Å². The van der Waals surface area contributed by atoms with Crippen molar-refractivity contribution in [3.63, 3.8) is 0 Å². The molecule has 0 aliphatic rings. The molecule has 0 bridgehead atoms. The third kappa shape index (κ3) is 3.05. The van der Waals surface area contributed by atoms with E-state index in [0.29, 0.717) is 5.92 Å². The minimum absolute atomic E-state index is 0.699. The smallest absolute Gasteiger partial charge is 0.0236 e. The first kappa shape index (κ1) is 9.74. The highest BCUT2D eigenvalue weighted by Crippen LogP contribution is 2.21. The van der Waals surface area contributed by atoms with Crippen LogP contribution in [0.3, 0.4) is 0 Å². The van der Waals surface area contributed by atoms with Crippen LogP contribution in [-0.2, 0) is 0 Å². The molecular weight excluding hydrogens is 120 g/mol. The Balaban J connectivity index is 3.67. The molecule has 0 aromatic carbocycles. The SMILES string of the molecule is C=CC(C)C(CC)CCC. The zero-order valence-corrected chi connectivity index (χ0v) is 7.56. The van der Waals surface area contributed by atoms with Crippen LogP contribution >= 0.6 is 0 Å². The van der Waals surface area contributed by atoms with Gasteiger partial charge in [0, 0.05) is 0 Å². The second kappa shape index (κ2) is 5.52. The fourth-order valence-corrected chi connectivity index (χ4v) is 1.40. The third-order valence-corrected chi connectivity index (χ3v) is 2.30. The van der Waals surface area contributed by atoms with E-state index in [4.69, 9.17) is 0 Å². The van der Waals surface area contributed by atoms with Crippen LogP contribution in [0.1, 0.15) is 40.0 Å². The van der Waals surface area contributed by atoms with Gasteiger partial charge in [-0.25, -0.2) is 0 Å². The van der Waals surface area contributed by atoms with Crippen molar-refractivity contribution in [1.82, 2.24) is 0 Å². The lowest BCUT2D eigenvalue weighted by Crippen LogP contribution is -2.07. The van der Waals surface area contributed by atoms with Crippen LogP contribution in [0.15, 0.2) is 12.7 Å². The normalized spacial score (nSPS) is 16.3. The molecule has 0 aromatic rings. The van der Waals surface area contributed by atoms with Crippen molar-refractivity contribution in [2.24, 2.45) is 11.8 Å². The zero-order chi connectivity index (χ0) is 7.98. The van der Waals surface area contributed by atoms with Gasteiger partial charge in [0.1, 0.15) is 0 Å². The van der Waals surface area contributed by atoms with Gasteiger partial charge < -0.3 is 0 Å². The van der Waals surface area contributed by atoms with E-state index in [0.717, 1.165) is 5.92 Å². The van der Waals surface area contributed by atoms with Gasteiger partial charge in [-0.15, -0.1) is 6.58 Å². The van der Waals surface area contributed by atoms with Crippen LogP contribution in [0.5, 0.6) is 0 Å². The lowest BCUT2D eigenvalue weighted by atomic mass is 9.88. The van der Waals surface area contributed by atoms with E-state index in [1.165, 1.54) is 19.3 Å². The van der Waals surface area contributed by atoms with Gasteiger partial charge in [-0.05, 0) is 11.8 Å². The Hall–Kier alpha value is -0.260. The van der Waals surface area contributed by atoms with Gasteiger partial charge >= 0.3 is 0 Å². The molecule has 0 aliphatic carbocycles. The predicted octanol–water partition coefficient (Wildman–Crippen LogP) is 3.63. The van der Waals surface area contributed by atoms with Crippen molar-refractivity contribution in [3.05, 3.63) is 12.7 Å². The van der Waals surface area contributed by atoms with Crippen molar-refractivity contribution >= 4 is 0 Å². The van der Waals surface area contributed by atoms with Gasteiger partial charge in [0.15, 0.2) is 0 Å². The standard InChI is InChI=1S/C10H20/c1-5-8-10(7-3)9(4)6-2/h6,9-10H,2,5,7-8H2,1,3-4H3. The summed E-state index contributed by atoms with van der Waals surface area (Å²) in [6.07, 6.45) is 6.02. The number of rotatable bonds is 5. The summed E-state index contributed by atoms with van der Waals surface area (Å²) in [7, 11) is 0. The molecule has 0 fully saturated rings. The Morgan fingerprint density at radius 1 is 1.40 bits per heavy atom. The Bertz CT molecular complexity index is 84.0. The van der Waals surface area contributed by atoms with Gasteiger partial charge in [0.2, 0.25) is 0 Å². The van der Waals surface area contributed by atoms with Gasteiger partial charge in [-0.2, -0.15) is 0 Å². The average Bonchev–Trinajstić information content (AvgIpc) is 1.99. The van der Waals surface area contributed by atoms with Gasteiger partial charge in [0.05, 0.1) is 0 Å². The van der Waals surface area contributed by atoms with E-state index < -0.39 is 0 Å². The monoisotopic (exact) mass is 140 g/mol. The highest BCUT2D eigenvalue weighted by molar-refractivity contribution is 4.80. The van der Waals surface area contributed by atoms with Crippen molar-refractivity contribution < 1.29 is 0 Å². The molecule has 0 amide bonds. The first-order chi connectivity index (χ1) is 4.76. The molecule has 0 heterocycles. The quantitative estimate of drug-likeness (QED) is 0.511. The second-order valence-electron chi connectivity index (χ2n) is 3.05. The van der Waals surface area contributed by atoms with Gasteiger partial charge in [0.25, 0.3) is 0 Å². The largest absolute Gasteiger partial charge is 0.103 e. The fraction of sp³-hybridized carbons (Fsp3) is 0.800. The summed E-state index contributed by atoms with van der Waals surface area (Å²) < 4.78 is 0. The first-order valence-electron chi connectivity index (χ1n) is 4.38. The summed E-state index contributed by atoms with van der Waals surface area (Å²) in [4.78, 5) is 0. The lowest BCUT2D eigenvalue weighted by Gasteiger charge is -2.18. The molecule has 0 nitrogen and oxygen atoms in total. The maximum Gasteiger partial charge on any atom is -0.0236 e. The van der Waals surface area contributed by atoms with E-state index in [9.17, 15) is 0 Å². The third-order valence-electron chi connectivity index (χ3n) is 2.30. The summed E-state index contributed by atoms with van der Waals surface area (Å²) in [6.45, 7) is 10.6. The molecule has 0 aliphatic heterocycles. The zero-order valence-electron chi connectivity index (χ0n) is 7.56. The maximum absolute atomic E-state index is 3.81. The maximum atomic E-state index is 3.81. The molecule has 0 saturated carbocycles. The number of hydrogen-bond donors (Lipinski definition) is 0. The minimum Gasteiger partial charge on any atom is -0.103 e. The number of hydrogen-bond acceptors (Lipinski definition) is 0. The Kier molecular flexibility index (Phi) is 5.38. The molecule has 0 saturated heterocycles. The molecule has 60 valence electrons. The molecule has 0 N–H and O–H groups in total. The second-order valence-corrected chi connectivity index (χ2v) is 3.05. The Morgan fingerprint density at radius 3 is 2.30 bits per heavy atom. The van der Waals surface area contributed by atoms with E-state index in [1.54, 1.807) is 0 Å². The van der Waals surface area contributed by atoms with Crippen molar-refractivity contribution in [2.45, 2.75) is 40.0 Å². The molecule has 0 spiro atoms. The summed E-state index contributed by atoms with van der Waals surface area (Å²) in [6, 6.07) is 0. The average molecular weight is 140 g/mol. The molecule has 10 heavy (non-hydrogen) atoms. The van der Waals surface area contributed by atoms with Crippen molar-refractivity contribution in [2.75, 3.05) is 0 Å². The summed E-state index contributed by atoms with van der Waals surface area (Å²) in [5.41, 5.74) is 0. The summed E-state index contributed by atoms with van der Waals surface area (Å²) in [5.74, 6) is 1.56. The van der Waals surface area contributed by atoms with E-state index in [1.807, 2.05) is 0 Å². The molecular formula is C10H20. The molecule has 0 radical (unpaired) electrons. The van der Waals surface area contributed by atoms with Crippen molar-refractivity contribution in [1.29, 1.82) is 0 Å². The van der Waals surface area contributed by atoms with Crippen LogP contribution in [0.2, 0.25) is 0 Å². The van der Waals surface area contributed by atoms with Crippen LogP contribution in [-0.4, -0.2) is 0 Å². The molecule has 2 atom stereocenters. The highest BCUT2D eigenvalue weighted by atomic mass is 14.1. The predicted molar refractivity (Wildman–Crippen MR) is 48.1 cm³/mol. The van der Waals surface area contributed by atoms with Gasteiger partial charge in [-0.1, -0.05) is 46.1 Å². The van der Waals surface area contributed by atoms with Crippen LogP contribution < -0.4 is 0 Å². The van der Waals surface area contributed by atoms with E-state index in [2.05, 4.69) is 33.4 Å². The van der Waals surface area contributed by atoms with E-state index in [-0.39, 0.29) is 0 Å². The topological polar surface area (TPSA) is 0 Å². The minimum atomic E-state index is 0.699. The Morgan fingerprint density at radius 2 is 2.00 bits per heavy atom. The lowest BCUT2D eigenvalue weighted by molar-refractivity contribution is 0.376. The van der Waals surface area contributed by atoms with Crippen LogP contribution in [0, 0.1) is 11.8 Å². The first-order valence-corrected chi connectivity index (χ1v) is 4.38. The Labute approximate surface area is 65.3 Å². The summed E-state index contributed by atoms with van der Waals surface area (Å²) >= 11 is 0. The van der Waals surface area contributed by atoms with Crippen molar-refractivity contribution in [3.8, 4) is 0 Å². The van der Waals surface area contributed by atoms with Gasteiger partial charge in [-0.3, -0.25) is 0 Å².